The number of carbonyl (C=O) groups excluding carboxylic acids is 1. The number of rotatable bonds is 5. The van der Waals surface area contributed by atoms with Gasteiger partial charge in [0.2, 0.25) is 5.91 Å². The van der Waals surface area contributed by atoms with Crippen LogP contribution in [0.5, 0.6) is 0 Å². The summed E-state index contributed by atoms with van der Waals surface area (Å²) < 4.78 is 5.53. The summed E-state index contributed by atoms with van der Waals surface area (Å²) in [5, 5.41) is 3.60. The maximum atomic E-state index is 12.5. The molecule has 1 aliphatic heterocycles. The molecule has 1 saturated carbocycles. The zero-order valence-electron chi connectivity index (χ0n) is 13.2. The molecule has 0 aromatic carbocycles. The number of hydrogen-bond donors (Lipinski definition) is 1. The van der Waals surface area contributed by atoms with Crippen molar-refractivity contribution in [3.8, 4) is 0 Å². The normalized spacial score (nSPS) is 34.1. The topological polar surface area (TPSA) is 41.6 Å². The van der Waals surface area contributed by atoms with Crippen molar-refractivity contribution < 1.29 is 9.53 Å². The van der Waals surface area contributed by atoms with E-state index < -0.39 is 0 Å². The predicted octanol–water partition coefficient (Wildman–Crippen LogP) is 2.18. The van der Waals surface area contributed by atoms with E-state index in [2.05, 4.69) is 12.2 Å². The first-order valence-electron chi connectivity index (χ1n) is 8.25. The maximum Gasteiger partial charge on any atom is 0.228 e. The molecular weight excluding hydrogens is 252 g/mol. The van der Waals surface area contributed by atoms with Crippen molar-refractivity contribution in [3.05, 3.63) is 0 Å². The van der Waals surface area contributed by atoms with Crippen LogP contribution in [-0.2, 0) is 9.53 Å². The Bertz CT molecular complexity index is 314. The third-order valence-electron chi connectivity index (χ3n) is 4.97. The summed E-state index contributed by atoms with van der Waals surface area (Å²) in [6.07, 6.45) is 6.82. The number of amides is 1. The second kappa shape index (κ2) is 7.41. The van der Waals surface area contributed by atoms with Crippen molar-refractivity contribution in [1.29, 1.82) is 0 Å². The molecule has 1 amide bonds. The summed E-state index contributed by atoms with van der Waals surface area (Å²) in [5.74, 6) is 0.371. The lowest BCUT2D eigenvalue weighted by Gasteiger charge is -2.36. The molecule has 1 heterocycles. The smallest absolute Gasteiger partial charge is 0.228 e. The molecular formula is C16H30N2O2. The van der Waals surface area contributed by atoms with Gasteiger partial charge in [0.25, 0.3) is 0 Å². The van der Waals surface area contributed by atoms with Crippen LogP contribution < -0.4 is 5.32 Å². The molecule has 20 heavy (non-hydrogen) atoms. The van der Waals surface area contributed by atoms with E-state index in [1.807, 2.05) is 18.9 Å². The van der Waals surface area contributed by atoms with Crippen molar-refractivity contribution in [2.45, 2.75) is 70.6 Å². The highest BCUT2D eigenvalue weighted by Crippen LogP contribution is 2.27. The molecule has 116 valence electrons. The molecule has 2 rings (SSSR count). The molecule has 0 bridgehead atoms. The highest BCUT2D eigenvalue weighted by atomic mass is 16.5. The van der Waals surface area contributed by atoms with Crippen molar-refractivity contribution in [3.63, 3.8) is 0 Å². The lowest BCUT2D eigenvalue weighted by Crippen LogP contribution is -2.46. The highest BCUT2D eigenvalue weighted by Gasteiger charge is 2.35. The second-order valence-electron chi connectivity index (χ2n) is 6.38. The fourth-order valence-corrected chi connectivity index (χ4v) is 3.51. The lowest BCUT2D eigenvalue weighted by atomic mass is 9.89. The third kappa shape index (κ3) is 3.73. The molecule has 1 N–H and O–H groups in total. The Balaban J connectivity index is 1.79. The van der Waals surface area contributed by atoms with E-state index in [1.165, 1.54) is 19.3 Å². The number of carbonyl (C=O) groups is 1. The van der Waals surface area contributed by atoms with Crippen LogP contribution in [-0.4, -0.2) is 49.2 Å². The number of ether oxygens (including phenoxy) is 1. The predicted molar refractivity (Wildman–Crippen MR) is 80.6 cm³/mol. The van der Waals surface area contributed by atoms with E-state index in [-0.39, 0.29) is 12.0 Å². The number of nitrogens with zero attached hydrogens (tertiary/aromatic N) is 1. The van der Waals surface area contributed by atoms with Crippen LogP contribution in [0.1, 0.15) is 52.4 Å². The molecule has 0 spiro atoms. The summed E-state index contributed by atoms with van der Waals surface area (Å²) in [5.41, 5.74) is 0. The molecule has 2 aliphatic rings. The van der Waals surface area contributed by atoms with Gasteiger partial charge < -0.3 is 15.0 Å². The summed E-state index contributed by atoms with van der Waals surface area (Å²) >= 11 is 0. The molecule has 1 saturated heterocycles. The van der Waals surface area contributed by atoms with Crippen LogP contribution in [0.15, 0.2) is 0 Å². The van der Waals surface area contributed by atoms with Gasteiger partial charge in [-0.15, -0.1) is 0 Å². The first kappa shape index (κ1) is 15.8. The van der Waals surface area contributed by atoms with Gasteiger partial charge >= 0.3 is 0 Å². The van der Waals surface area contributed by atoms with Crippen LogP contribution >= 0.6 is 0 Å². The van der Waals surface area contributed by atoms with Gasteiger partial charge in [-0.25, -0.2) is 0 Å². The molecule has 2 fully saturated rings. The lowest BCUT2D eigenvalue weighted by molar-refractivity contribution is -0.138. The molecule has 0 aromatic heterocycles. The van der Waals surface area contributed by atoms with Crippen molar-refractivity contribution in [2.24, 2.45) is 5.92 Å². The van der Waals surface area contributed by atoms with Crippen LogP contribution in [0.25, 0.3) is 0 Å². The van der Waals surface area contributed by atoms with Gasteiger partial charge in [0.15, 0.2) is 0 Å². The number of hydrogen-bond acceptors (Lipinski definition) is 3. The molecule has 2 atom stereocenters. The van der Waals surface area contributed by atoms with E-state index in [0.29, 0.717) is 18.0 Å². The largest absolute Gasteiger partial charge is 0.378 e. The summed E-state index contributed by atoms with van der Waals surface area (Å²) in [6, 6.07) is 1.08. The fourth-order valence-electron chi connectivity index (χ4n) is 3.51. The Labute approximate surface area is 123 Å². The van der Waals surface area contributed by atoms with Gasteiger partial charge in [-0.3, -0.25) is 4.79 Å². The van der Waals surface area contributed by atoms with E-state index in [9.17, 15) is 4.79 Å². The third-order valence-corrected chi connectivity index (χ3v) is 4.97. The standard InChI is InChI=1S/C16H30N2O2/c1-4-10-17-13-5-7-14(8-6-13)18(3)16(19)15-9-11-20-12(15)2/h12-15,17H,4-11H2,1-3H3. The molecule has 4 nitrogen and oxygen atoms in total. The SMILES string of the molecule is CCCNC1CCC(N(C)C(=O)C2CCOC2C)CC1. The van der Waals surface area contributed by atoms with Gasteiger partial charge in [0.05, 0.1) is 12.0 Å². The summed E-state index contributed by atoms with van der Waals surface area (Å²) in [7, 11) is 1.98. The first-order valence-corrected chi connectivity index (χ1v) is 8.25. The summed E-state index contributed by atoms with van der Waals surface area (Å²) in [6.45, 7) is 6.07. The van der Waals surface area contributed by atoms with Crippen molar-refractivity contribution in [2.75, 3.05) is 20.2 Å². The first-order chi connectivity index (χ1) is 9.63. The molecule has 1 aliphatic carbocycles. The van der Waals surface area contributed by atoms with Crippen molar-refractivity contribution >= 4 is 5.91 Å². The van der Waals surface area contributed by atoms with Gasteiger partial charge in [0, 0.05) is 25.7 Å². The van der Waals surface area contributed by atoms with Crippen LogP contribution in [0, 0.1) is 5.92 Å². The average molecular weight is 282 g/mol. The maximum absolute atomic E-state index is 12.5. The van der Waals surface area contributed by atoms with E-state index >= 15 is 0 Å². The Morgan fingerprint density at radius 2 is 1.95 bits per heavy atom. The molecule has 0 aromatic rings. The second-order valence-corrected chi connectivity index (χ2v) is 6.38. The summed E-state index contributed by atoms with van der Waals surface area (Å²) in [4.78, 5) is 14.5. The molecule has 0 radical (unpaired) electrons. The Hall–Kier alpha value is -0.610. The van der Waals surface area contributed by atoms with Gasteiger partial charge in [-0.1, -0.05) is 6.92 Å². The number of nitrogens with one attached hydrogen (secondary N) is 1. The highest BCUT2D eigenvalue weighted by molar-refractivity contribution is 5.79. The zero-order valence-corrected chi connectivity index (χ0v) is 13.2. The Kier molecular flexibility index (Phi) is 5.85. The van der Waals surface area contributed by atoms with E-state index in [1.54, 1.807) is 0 Å². The van der Waals surface area contributed by atoms with E-state index in [4.69, 9.17) is 4.74 Å². The monoisotopic (exact) mass is 282 g/mol. The quantitative estimate of drug-likeness (QED) is 0.840. The van der Waals surface area contributed by atoms with Crippen LogP contribution in [0.4, 0.5) is 0 Å². The minimum absolute atomic E-state index is 0.0796. The van der Waals surface area contributed by atoms with Crippen LogP contribution in [0.3, 0.4) is 0 Å². The minimum Gasteiger partial charge on any atom is -0.378 e. The van der Waals surface area contributed by atoms with Gasteiger partial charge in [-0.05, 0) is 52.0 Å². The Morgan fingerprint density at radius 1 is 1.25 bits per heavy atom. The van der Waals surface area contributed by atoms with Crippen LogP contribution in [0.2, 0.25) is 0 Å². The van der Waals surface area contributed by atoms with Crippen molar-refractivity contribution in [1.82, 2.24) is 10.2 Å². The zero-order chi connectivity index (χ0) is 14.5. The molecule has 2 unspecified atom stereocenters. The minimum atomic E-state index is 0.0796. The Morgan fingerprint density at radius 3 is 2.50 bits per heavy atom. The average Bonchev–Trinajstić information content (AvgIpc) is 2.90. The fraction of sp³-hybridized carbons (Fsp3) is 0.938. The van der Waals surface area contributed by atoms with Gasteiger partial charge in [-0.2, -0.15) is 0 Å². The van der Waals surface area contributed by atoms with E-state index in [0.717, 1.165) is 32.4 Å². The van der Waals surface area contributed by atoms with Gasteiger partial charge in [0.1, 0.15) is 0 Å². The molecule has 4 heteroatoms.